The minimum absolute atomic E-state index is 0.144. The van der Waals surface area contributed by atoms with Crippen molar-refractivity contribution in [2.45, 2.75) is 17.9 Å². The molecule has 5 heterocycles. The first-order valence-corrected chi connectivity index (χ1v) is 20.0. The lowest BCUT2D eigenvalue weighted by atomic mass is 9.70. The van der Waals surface area contributed by atoms with Crippen LogP contribution in [0.4, 0.5) is 11.5 Å². The van der Waals surface area contributed by atoms with Gasteiger partial charge in [0.25, 0.3) is 0 Å². The van der Waals surface area contributed by atoms with Gasteiger partial charge in [0, 0.05) is 23.8 Å². The van der Waals surface area contributed by atoms with Crippen LogP contribution in [0.5, 0.6) is 0 Å². The number of fused-ring (bicyclic) bond motifs is 16. The van der Waals surface area contributed by atoms with E-state index in [1.54, 1.807) is 0 Å². The fraction of sp³-hybridized carbons (Fsp3) is 0.0962. The first-order chi connectivity index (χ1) is 28.3. The molecule has 0 fully saturated rings. The van der Waals surface area contributed by atoms with E-state index in [0.717, 1.165) is 35.7 Å². The highest BCUT2D eigenvalue weighted by atomic mass is 15.2. The van der Waals surface area contributed by atoms with Crippen molar-refractivity contribution in [1.29, 1.82) is 0 Å². The molecule has 0 saturated carbocycles. The van der Waals surface area contributed by atoms with Crippen LogP contribution in [0.3, 0.4) is 0 Å². The third-order valence-corrected chi connectivity index (χ3v) is 13.1. The Morgan fingerprint density at radius 1 is 0.684 bits per heavy atom. The SMILES string of the molecule is C1=Cc2c3c(n(-c4ccc(C5=CC[C@@H](n6c7cc8c(cc7c7ncccc76)-c6ccccc6C86c7ccccc7-c7ccccc76)C=C5)cc4)c2[N-]C1)C=CCN3. The number of allylic oxidation sites excluding steroid dienone is 4. The standard InChI is InChI=1S/C52H36N5/c1-4-14-42-36(10-1)37-11-2-5-15-43(37)52(42)44-16-6-3-12-38(44)40-30-41-48(31-45(40)52)56(46-17-8-28-54-50(41)46)34-23-19-32(20-24-34)33-21-25-35(26-22-33)57-47-18-9-27-53-49(47)39-13-7-29-55-51(39)57/h1-23,25-26,28,30-31,34,53H,24,27,29H2/q-1/t34-/m0/s1. The molecule has 0 amide bonds. The largest absolute Gasteiger partial charge is 0.461 e. The molecule has 57 heavy (non-hydrogen) atoms. The van der Waals surface area contributed by atoms with Gasteiger partial charge in [-0.15, -0.1) is 0 Å². The number of anilines is 1. The Labute approximate surface area is 330 Å². The van der Waals surface area contributed by atoms with Crippen LogP contribution in [-0.4, -0.2) is 27.2 Å². The molecule has 5 aliphatic rings. The van der Waals surface area contributed by atoms with Crippen LogP contribution in [0.15, 0.2) is 158 Å². The molecule has 1 spiro atoms. The topological polar surface area (TPSA) is 48.9 Å². The van der Waals surface area contributed by atoms with Gasteiger partial charge < -0.3 is 19.8 Å². The smallest absolute Gasteiger partial charge is 0.0960 e. The van der Waals surface area contributed by atoms with E-state index in [2.05, 4.69) is 178 Å². The van der Waals surface area contributed by atoms with Crippen molar-refractivity contribution in [3.63, 3.8) is 0 Å². The van der Waals surface area contributed by atoms with E-state index in [1.807, 2.05) is 6.20 Å². The van der Waals surface area contributed by atoms with Gasteiger partial charge in [0.05, 0.1) is 28.0 Å². The summed E-state index contributed by atoms with van der Waals surface area (Å²) in [6.45, 7) is 1.54. The average Bonchev–Trinajstić information content (AvgIpc) is 3.98. The van der Waals surface area contributed by atoms with Crippen molar-refractivity contribution in [3.05, 3.63) is 202 Å². The van der Waals surface area contributed by atoms with E-state index in [1.165, 1.54) is 83.3 Å². The van der Waals surface area contributed by atoms with Gasteiger partial charge in [0.15, 0.2) is 0 Å². The molecule has 1 atom stereocenters. The Bertz CT molecular complexity index is 3120. The lowest BCUT2D eigenvalue weighted by Gasteiger charge is -2.30. The van der Waals surface area contributed by atoms with Crippen LogP contribution in [0.2, 0.25) is 0 Å². The van der Waals surface area contributed by atoms with Crippen molar-refractivity contribution < 1.29 is 0 Å². The molecule has 0 bridgehead atoms. The molecule has 5 aromatic carbocycles. The molecular formula is C52H36N5-. The molecule has 0 unspecified atom stereocenters. The lowest BCUT2D eigenvalue weighted by Crippen LogP contribution is -2.25. The van der Waals surface area contributed by atoms with Gasteiger partial charge in [-0.1, -0.05) is 140 Å². The lowest BCUT2D eigenvalue weighted by molar-refractivity contribution is 0.648. The Hall–Kier alpha value is -7.11. The zero-order chi connectivity index (χ0) is 37.2. The molecule has 1 N–H and O–H groups in total. The fourth-order valence-corrected chi connectivity index (χ4v) is 10.8. The van der Waals surface area contributed by atoms with Crippen LogP contribution in [-0.2, 0) is 5.41 Å². The first-order valence-electron chi connectivity index (χ1n) is 20.0. The number of hydrogen-bond donors (Lipinski definition) is 1. The van der Waals surface area contributed by atoms with Gasteiger partial charge in [-0.25, -0.2) is 0 Å². The normalized spacial score (nSPS) is 17.4. The van der Waals surface area contributed by atoms with Gasteiger partial charge in [0.1, 0.15) is 0 Å². The Morgan fingerprint density at radius 3 is 2.16 bits per heavy atom. The summed E-state index contributed by atoms with van der Waals surface area (Å²) in [5.74, 6) is 1.02. The van der Waals surface area contributed by atoms with Crippen molar-refractivity contribution >= 4 is 51.2 Å². The summed E-state index contributed by atoms with van der Waals surface area (Å²) in [5.41, 5.74) is 20.9. The third-order valence-electron chi connectivity index (χ3n) is 13.1. The van der Waals surface area contributed by atoms with E-state index in [0.29, 0.717) is 6.54 Å². The Kier molecular flexibility index (Phi) is 6.26. The molecule has 8 aromatic rings. The molecule has 3 aliphatic carbocycles. The summed E-state index contributed by atoms with van der Waals surface area (Å²) >= 11 is 0. The molecule has 3 aromatic heterocycles. The van der Waals surface area contributed by atoms with E-state index < -0.39 is 0 Å². The maximum Gasteiger partial charge on any atom is 0.0960 e. The highest BCUT2D eigenvalue weighted by Crippen LogP contribution is 2.63. The maximum atomic E-state index is 5.03. The molecule has 2 aliphatic heterocycles. The maximum absolute atomic E-state index is 5.03. The number of nitrogens with one attached hydrogen (secondary N) is 1. The van der Waals surface area contributed by atoms with E-state index >= 15 is 0 Å². The Balaban J connectivity index is 0.923. The second-order valence-corrected chi connectivity index (χ2v) is 15.8. The highest BCUT2D eigenvalue weighted by molar-refractivity contribution is 6.10. The minimum Gasteiger partial charge on any atom is -0.461 e. The van der Waals surface area contributed by atoms with Crippen LogP contribution in [0.25, 0.3) is 72.9 Å². The van der Waals surface area contributed by atoms with Crippen LogP contribution in [0, 0.1) is 0 Å². The van der Waals surface area contributed by atoms with Crippen molar-refractivity contribution in [3.8, 4) is 27.9 Å². The molecule has 270 valence electrons. The third kappa shape index (κ3) is 4.05. The quantitative estimate of drug-likeness (QED) is 0.197. The Morgan fingerprint density at radius 2 is 1.42 bits per heavy atom. The molecule has 13 rings (SSSR count). The van der Waals surface area contributed by atoms with Crippen LogP contribution >= 0.6 is 0 Å². The monoisotopic (exact) mass is 730 g/mol. The molecule has 5 nitrogen and oxygen atoms in total. The first kappa shape index (κ1) is 31.1. The van der Waals surface area contributed by atoms with Gasteiger partial charge in [0.2, 0.25) is 0 Å². The summed E-state index contributed by atoms with van der Waals surface area (Å²) in [4.78, 5) is 5.03. The molecular weight excluding hydrogens is 695 g/mol. The predicted octanol–water partition coefficient (Wildman–Crippen LogP) is 12.4. The molecule has 0 radical (unpaired) electrons. The minimum atomic E-state index is -0.388. The van der Waals surface area contributed by atoms with Crippen molar-refractivity contribution in [2.75, 3.05) is 18.4 Å². The highest BCUT2D eigenvalue weighted by Gasteiger charge is 2.51. The van der Waals surface area contributed by atoms with Gasteiger partial charge in [-0.3, -0.25) is 4.98 Å². The number of hydrogen-bond acceptors (Lipinski definition) is 2. The molecule has 5 heteroatoms. The summed E-state index contributed by atoms with van der Waals surface area (Å²) in [6.07, 6.45) is 18.7. The van der Waals surface area contributed by atoms with Crippen LogP contribution in [0.1, 0.15) is 51.5 Å². The predicted molar refractivity (Wildman–Crippen MR) is 235 cm³/mol. The van der Waals surface area contributed by atoms with Gasteiger partial charge in [-0.05, 0) is 116 Å². The van der Waals surface area contributed by atoms with Gasteiger partial charge >= 0.3 is 0 Å². The van der Waals surface area contributed by atoms with Gasteiger partial charge in [-0.2, -0.15) is 0 Å². The summed E-state index contributed by atoms with van der Waals surface area (Å²) in [5, 5.41) is 9.69. The summed E-state index contributed by atoms with van der Waals surface area (Å²) in [7, 11) is 0. The number of pyridine rings is 1. The van der Waals surface area contributed by atoms with Crippen molar-refractivity contribution in [2.24, 2.45) is 0 Å². The zero-order valence-electron chi connectivity index (χ0n) is 31.2. The second kappa shape index (κ2) is 11.5. The number of aromatic nitrogens is 3. The van der Waals surface area contributed by atoms with Crippen molar-refractivity contribution in [1.82, 2.24) is 14.1 Å². The fourth-order valence-electron chi connectivity index (χ4n) is 10.8. The zero-order valence-corrected chi connectivity index (χ0v) is 31.2. The average molecular weight is 731 g/mol. The summed E-state index contributed by atoms with van der Waals surface area (Å²) in [6, 6.07) is 45.6. The number of rotatable bonds is 3. The van der Waals surface area contributed by atoms with E-state index in [4.69, 9.17) is 10.3 Å². The second-order valence-electron chi connectivity index (χ2n) is 15.8. The van der Waals surface area contributed by atoms with Crippen LogP contribution < -0.4 is 5.32 Å². The molecule has 0 saturated heterocycles. The summed E-state index contributed by atoms with van der Waals surface area (Å²) < 4.78 is 4.84. The number of benzene rings is 5. The number of nitrogens with zero attached hydrogens (tertiary/aromatic N) is 4. The van der Waals surface area contributed by atoms with E-state index in [9.17, 15) is 0 Å². The van der Waals surface area contributed by atoms with E-state index in [-0.39, 0.29) is 11.5 Å².